The molecule has 0 atom stereocenters. The molecule has 1 aliphatic rings. The highest BCUT2D eigenvalue weighted by atomic mass is 32.2. The average Bonchev–Trinajstić information content (AvgIpc) is 3.07. The summed E-state index contributed by atoms with van der Waals surface area (Å²) in [6.07, 6.45) is 0. The molecule has 0 fully saturated rings. The summed E-state index contributed by atoms with van der Waals surface area (Å²) in [7, 11) is 1.53. The number of carbonyl (C=O) groups excluding carboxylic acids is 2. The van der Waals surface area contributed by atoms with Gasteiger partial charge in [0.25, 0.3) is 17.4 Å². The standard InChI is InChI=1S/C24H17N3O4S/c1-31-20-13-7-6-12-19(20)27-23(30)17-10-4-5-11-18(17)25-24(27)32-14-26-21(28)15-8-2-3-9-16(15)22(26)29/h2-13H,14H2,1H3. The van der Waals surface area contributed by atoms with E-state index in [1.165, 1.54) is 16.6 Å². The van der Waals surface area contributed by atoms with Gasteiger partial charge in [-0.05, 0) is 36.4 Å². The molecule has 7 nitrogen and oxygen atoms in total. The summed E-state index contributed by atoms with van der Waals surface area (Å²) < 4.78 is 6.92. The molecule has 2 amide bonds. The molecule has 3 aromatic carbocycles. The van der Waals surface area contributed by atoms with E-state index >= 15 is 0 Å². The van der Waals surface area contributed by atoms with Crippen molar-refractivity contribution in [3.63, 3.8) is 0 Å². The lowest BCUT2D eigenvalue weighted by atomic mass is 10.1. The maximum Gasteiger partial charge on any atom is 0.266 e. The highest BCUT2D eigenvalue weighted by molar-refractivity contribution is 7.99. The van der Waals surface area contributed by atoms with Gasteiger partial charge < -0.3 is 4.74 Å². The van der Waals surface area contributed by atoms with Gasteiger partial charge in [-0.2, -0.15) is 0 Å². The Hall–Kier alpha value is -3.91. The summed E-state index contributed by atoms with van der Waals surface area (Å²) in [5, 5.41) is 0.818. The van der Waals surface area contributed by atoms with Gasteiger partial charge in [0.2, 0.25) is 0 Å². The molecule has 0 saturated heterocycles. The van der Waals surface area contributed by atoms with E-state index in [1.807, 2.05) is 6.07 Å². The molecule has 0 N–H and O–H groups in total. The number of thioether (sulfide) groups is 1. The van der Waals surface area contributed by atoms with Crippen molar-refractivity contribution in [2.75, 3.05) is 13.0 Å². The molecule has 0 aliphatic carbocycles. The minimum absolute atomic E-state index is 0.0201. The number of rotatable bonds is 5. The second-order valence-corrected chi connectivity index (χ2v) is 7.99. The van der Waals surface area contributed by atoms with Crippen molar-refractivity contribution in [3.8, 4) is 11.4 Å². The fraction of sp³-hybridized carbons (Fsp3) is 0.0833. The predicted molar refractivity (Wildman–Crippen MR) is 122 cm³/mol. The van der Waals surface area contributed by atoms with Crippen LogP contribution in [-0.2, 0) is 0 Å². The zero-order valence-electron chi connectivity index (χ0n) is 17.0. The lowest BCUT2D eigenvalue weighted by molar-refractivity contribution is 0.0684. The lowest BCUT2D eigenvalue weighted by Gasteiger charge is -2.18. The van der Waals surface area contributed by atoms with E-state index in [2.05, 4.69) is 4.98 Å². The molecule has 8 heteroatoms. The van der Waals surface area contributed by atoms with Crippen LogP contribution in [0.25, 0.3) is 16.6 Å². The first-order chi connectivity index (χ1) is 15.6. The Morgan fingerprint density at radius 3 is 2.19 bits per heavy atom. The van der Waals surface area contributed by atoms with Crippen molar-refractivity contribution in [2.24, 2.45) is 0 Å². The highest BCUT2D eigenvalue weighted by Gasteiger charge is 2.35. The topological polar surface area (TPSA) is 81.5 Å². The number of aromatic nitrogens is 2. The molecule has 5 rings (SSSR count). The zero-order chi connectivity index (χ0) is 22.2. The van der Waals surface area contributed by atoms with Crippen molar-refractivity contribution < 1.29 is 14.3 Å². The number of methoxy groups -OCH3 is 1. The zero-order valence-corrected chi connectivity index (χ0v) is 17.8. The Morgan fingerprint density at radius 1 is 0.844 bits per heavy atom. The third-order valence-electron chi connectivity index (χ3n) is 5.27. The first-order valence-electron chi connectivity index (χ1n) is 9.83. The van der Waals surface area contributed by atoms with Gasteiger partial charge in [0, 0.05) is 0 Å². The largest absolute Gasteiger partial charge is 0.495 e. The number of benzene rings is 3. The Labute approximate surface area is 187 Å². The molecule has 0 unspecified atom stereocenters. The fourth-order valence-corrected chi connectivity index (χ4v) is 4.67. The number of hydrogen-bond donors (Lipinski definition) is 0. The molecule has 158 valence electrons. The fourth-order valence-electron chi connectivity index (χ4n) is 3.71. The third-order valence-corrected chi connectivity index (χ3v) is 6.19. The van der Waals surface area contributed by atoms with Gasteiger partial charge in [0.05, 0.1) is 40.7 Å². The van der Waals surface area contributed by atoms with E-state index in [1.54, 1.807) is 66.7 Å². The van der Waals surface area contributed by atoms with Gasteiger partial charge in [-0.3, -0.25) is 23.9 Å². The number of amides is 2. The summed E-state index contributed by atoms with van der Waals surface area (Å²) in [6.45, 7) is 0. The molecule has 0 spiro atoms. The summed E-state index contributed by atoms with van der Waals surface area (Å²) in [5.41, 5.74) is 1.57. The van der Waals surface area contributed by atoms with Crippen LogP contribution in [0.5, 0.6) is 5.75 Å². The number of nitrogens with zero attached hydrogens (tertiary/aromatic N) is 3. The molecule has 1 aromatic heterocycles. The first kappa shape index (κ1) is 20.0. The monoisotopic (exact) mass is 443 g/mol. The van der Waals surface area contributed by atoms with Crippen molar-refractivity contribution >= 4 is 34.5 Å². The van der Waals surface area contributed by atoms with E-state index in [9.17, 15) is 14.4 Å². The van der Waals surface area contributed by atoms with Crippen molar-refractivity contribution in [1.82, 2.24) is 14.5 Å². The maximum absolute atomic E-state index is 13.4. The second kappa shape index (κ2) is 7.97. The second-order valence-electron chi connectivity index (χ2n) is 7.08. The van der Waals surface area contributed by atoms with Crippen molar-refractivity contribution in [1.29, 1.82) is 0 Å². The number of carbonyl (C=O) groups is 2. The lowest BCUT2D eigenvalue weighted by Crippen LogP contribution is -2.30. The van der Waals surface area contributed by atoms with E-state index < -0.39 is 0 Å². The Kier molecular flexibility index (Phi) is 4.99. The minimum atomic E-state index is -0.356. The van der Waals surface area contributed by atoms with Gasteiger partial charge in [-0.1, -0.05) is 48.2 Å². The molecule has 0 bridgehead atoms. The molecule has 4 aromatic rings. The van der Waals surface area contributed by atoms with Crippen LogP contribution in [-0.4, -0.2) is 39.3 Å². The number of hydrogen-bond acceptors (Lipinski definition) is 6. The number of ether oxygens (including phenoxy) is 1. The van der Waals surface area contributed by atoms with E-state index in [0.717, 1.165) is 11.8 Å². The smallest absolute Gasteiger partial charge is 0.266 e. The van der Waals surface area contributed by atoms with Crippen LogP contribution in [0, 0.1) is 0 Å². The molecule has 32 heavy (non-hydrogen) atoms. The number of imide groups is 1. The molecular formula is C24H17N3O4S. The van der Waals surface area contributed by atoms with E-state index in [0.29, 0.717) is 38.6 Å². The quantitative estimate of drug-likeness (QED) is 0.266. The number of para-hydroxylation sites is 3. The van der Waals surface area contributed by atoms with Gasteiger partial charge in [0.1, 0.15) is 5.75 Å². The van der Waals surface area contributed by atoms with Gasteiger partial charge >= 0.3 is 0 Å². The highest BCUT2D eigenvalue weighted by Crippen LogP contribution is 2.30. The third kappa shape index (κ3) is 3.16. The summed E-state index contributed by atoms with van der Waals surface area (Å²) in [6, 6.07) is 20.9. The van der Waals surface area contributed by atoms with Crippen LogP contribution in [0.3, 0.4) is 0 Å². The van der Waals surface area contributed by atoms with Gasteiger partial charge in [-0.25, -0.2) is 4.98 Å². The van der Waals surface area contributed by atoms with Crippen LogP contribution < -0.4 is 10.3 Å². The van der Waals surface area contributed by atoms with Crippen molar-refractivity contribution in [2.45, 2.75) is 5.16 Å². The van der Waals surface area contributed by atoms with E-state index in [-0.39, 0.29) is 23.3 Å². The Bertz CT molecular complexity index is 1410. The SMILES string of the molecule is COc1ccccc1-n1c(SCN2C(=O)c3ccccc3C2=O)nc2ccccc2c1=O. The molecular weight excluding hydrogens is 426 g/mol. The number of fused-ring (bicyclic) bond motifs is 2. The Morgan fingerprint density at radius 2 is 1.47 bits per heavy atom. The van der Waals surface area contributed by atoms with E-state index in [4.69, 9.17) is 4.74 Å². The summed E-state index contributed by atoms with van der Waals surface area (Å²) >= 11 is 1.15. The van der Waals surface area contributed by atoms with Crippen LogP contribution >= 0.6 is 11.8 Å². The molecule has 2 heterocycles. The van der Waals surface area contributed by atoms with Crippen molar-refractivity contribution in [3.05, 3.63) is 94.3 Å². The van der Waals surface area contributed by atoms with Crippen LogP contribution in [0.2, 0.25) is 0 Å². The van der Waals surface area contributed by atoms with Gasteiger partial charge in [-0.15, -0.1) is 0 Å². The first-order valence-corrected chi connectivity index (χ1v) is 10.8. The van der Waals surface area contributed by atoms with Crippen LogP contribution in [0.1, 0.15) is 20.7 Å². The normalized spacial score (nSPS) is 13.0. The molecule has 1 aliphatic heterocycles. The minimum Gasteiger partial charge on any atom is -0.495 e. The maximum atomic E-state index is 13.4. The molecule has 0 saturated carbocycles. The van der Waals surface area contributed by atoms with Crippen LogP contribution in [0.4, 0.5) is 0 Å². The van der Waals surface area contributed by atoms with Crippen LogP contribution in [0.15, 0.2) is 82.7 Å². The average molecular weight is 443 g/mol. The summed E-state index contributed by atoms with van der Waals surface area (Å²) in [5.74, 6) is -0.184. The summed E-state index contributed by atoms with van der Waals surface area (Å²) in [4.78, 5) is 44.8. The molecule has 0 radical (unpaired) electrons. The Balaban J connectivity index is 1.59. The van der Waals surface area contributed by atoms with Gasteiger partial charge in [0.15, 0.2) is 5.16 Å². The predicted octanol–water partition coefficient (Wildman–Crippen LogP) is 3.74.